The van der Waals surface area contributed by atoms with Gasteiger partial charge in [-0.3, -0.25) is 0 Å². The molecule has 0 heterocycles. The fraction of sp³-hybridized carbons (Fsp3) is 0.294. The normalized spacial score (nSPS) is 16.8. The number of hydrogen-bond donors (Lipinski definition) is 1. The molecule has 0 aromatic heterocycles. The number of rotatable bonds is 3. The Morgan fingerprint density at radius 2 is 1.80 bits per heavy atom. The van der Waals surface area contributed by atoms with Crippen LogP contribution in [0.1, 0.15) is 47.9 Å². The molecular weight excluding hydrogens is 289 g/mol. The number of halogens is 2. The van der Waals surface area contributed by atoms with Crippen molar-refractivity contribution < 1.29 is 0 Å². The monoisotopic (exact) mass is 305 g/mol. The summed E-state index contributed by atoms with van der Waals surface area (Å²) in [6, 6.07) is 13.9. The lowest BCUT2D eigenvalue weighted by atomic mass is 9.79. The lowest BCUT2D eigenvalue weighted by Crippen LogP contribution is -2.14. The molecule has 1 unspecified atom stereocenters. The van der Waals surface area contributed by atoms with Gasteiger partial charge in [0.2, 0.25) is 0 Å². The van der Waals surface area contributed by atoms with E-state index in [9.17, 15) is 0 Å². The molecular formula is C17H17Cl2N. The summed E-state index contributed by atoms with van der Waals surface area (Å²) < 4.78 is 0. The molecule has 2 N–H and O–H groups in total. The zero-order valence-corrected chi connectivity index (χ0v) is 12.7. The van der Waals surface area contributed by atoms with Crippen LogP contribution in [-0.4, -0.2) is 0 Å². The molecule has 0 amide bonds. The smallest absolute Gasteiger partial charge is 0.0643 e. The summed E-state index contributed by atoms with van der Waals surface area (Å²) in [5, 5.41) is 1.10. The highest BCUT2D eigenvalue weighted by atomic mass is 35.5. The Labute approximate surface area is 129 Å². The number of benzene rings is 2. The van der Waals surface area contributed by atoms with Gasteiger partial charge in [0.05, 0.1) is 16.1 Å². The van der Waals surface area contributed by atoms with E-state index in [2.05, 4.69) is 24.3 Å². The van der Waals surface area contributed by atoms with Gasteiger partial charge in [-0.2, -0.15) is 0 Å². The quantitative estimate of drug-likeness (QED) is 0.817. The Bertz CT molecular complexity index is 620. The first kappa shape index (κ1) is 13.9. The molecule has 1 fully saturated rings. The van der Waals surface area contributed by atoms with Crippen LogP contribution in [0, 0.1) is 0 Å². The molecule has 1 aliphatic carbocycles. The molecule has 104 valence electrons. The van der Waals surface area contributed by atoms with Crippen molar-refractivity contribution in [2.75, 3.05) is 0 Å². The Kier molecular flexibility index (Phi) is 4.02. The van der Waals surface area contributed by atoms with E-state index in [1.54, 1.807) is 6.07 Å². The Balaban J connectivity index is 1.93. The van der Waals surface area contributed by atoms with E-state index in [1.165, 1.54) is 24.8 Å². The second-order valence-corrected chi connectivity index (χ2v) is 6.20. The van der Waals surface area contributed by atoms with Gasteiger partial charge in [0.25, 0.3) is 0 Å². The van der Waals surface area contributed by atoms with Crippen molar-refractivity contribution in [3.8, 4) is 0 Å². The van der Waals surface area contributed by atoms with Gasteiger partial charge in [-0.25, -0.2) is 0 Å². The van der Waals surface area contributed by atoms with E-state index in [1.807, 2.05) is 12.1 Å². The van der Waals surface area contributed by atoms with Crippen molar-refractivity contribution in [1.29, 1.82) is 0 Å². The number of nitrogens with two attached hydrogens (primary N) is 1. The maximum absolute atomic E-state index is 6.37. The van der Waals surface area contributed by atoms with E-state index in [4.69, 9.17) is 28.9 Å². The Morgan fingerprint density at radius 1 is 1.05 bits per heavy atom. The summed E-state index contributed by atoms with van der Waals surface area (Å²) in [5.41, 5.74) is 9.74. The second-order valence-electron chi connectivity index (χ2n) is 5.42. The standard InChI is InChI=1S/C17H17Cl2N/c18-15-9-3-8-14(16(15)19)17(20)13-7-2-6-12(10-13)11-4-1-5-11/h2-3,6-11,17H,1,4-5,20H2. The SMILES string of the molecule is NC(c1cccc(C2CCC2)c1)c1cccc(Cl)c1Cl. The van der Waals surface area contributed by atoms with E-state index in [0.29, 0.717) is 16.0 Å². The summed E-state index contributed by atoms with van der Waals surface area (Å²) >= 11 is 12.3. The van der Waals surface area contributed by atoms with E-state index < -0.39 is 0 Å². The zero-order valence-electron chi connectivity index (χ0n) is 11.2. The lowest BCUT2D eigenvalue weighted by molar-refractivity contribution is 0.419. The van der Waals surface area contributed by atoms with Crippen LogP contribution < -0.4 is 5.73 Å². The maximum Gasteiger partial charge on any atom is 0.0643 e. The highest BCUT2D eigenvalue weighted by molar-refractivity contribution is 6.42. The summed E-state index contributed by atoms with van der Waals surface area (Å²) in [6.45, 7) is 0. The molecule has 3 rings (SSSR count). The van der Waals surface area contributed by atoms with E-state index >= 15 is 0 Å². The van der Waals surface area contributed by atoms with Crippen LogP contribution >= 0.6 is 23.2 Å². The van der Waals surface area contributed by atoms with Crippen molar-refractivity contribution in [2.24, 2.45) is 5.73 Å². The van der Waals surface area contributed by atoms with Gasteiger partial charge in [-0.15, -0.1) is 0 Å². The average molecular weight is 306 g/mol. The molecule has 1 aliphatic rings. The highest BCUT2D eigenvalue weighted by Crippen LogP contribution is 2.38. The third kappa shape index (κ3) is 2.58. The van der Waals surface area contributed by atoms with E-state index in [-0.39, 0.29) is 6.04 Å². The zero-order chi connectivity index (χ0) is 14.1. The molecule has 1 atom stereocenters. The van der Waals surface area contributed by atoms with Gasteiger partial charge in [-0.1, -0.05) is 66.0 Å². The molecule has 2 aromatic rings. The highest BCUT2D eigenvalue weighted by Gasteiger charge is 2.21. The lowest BCUT2D eigenvalue weighted by Gasteiger charge is -2.26. The molecule has 3 heteroatoms. The summed E-state index contributed by atoms with van der Waals surface area (Å²) in [7, 11) is 0. The van der Waals surface area contributed by atoms with Gasteiger partial charge in [0.15, 0.2) is 0 Å². The van der Waals surface area contributed by atoms with Crippen molar-refractivity contribution in [2.45, 2.75) is 31.2 Å². The minimum atomic E-state index is -0.235. The van der Waals surface area contributed by atoms with Crippen LogP contribution in [0.4, 0.5) is 0 Å². The van der Waals surface area contributed by atoms with Crippen LogP contribution in [0.25, 0.3) is 0 Å². The van der Waals surface area contributed by atoms with Crippen molar-refractivity contribution >= 4 is 23.2 Å². The fourth-order valence-electron chi connectivity index (χ4n) is 2.69. The van der Waals surface area contributed by atoms with Crippen molar-refractivity contribution in [3.05, 3.63) is 69.2 Å². The van der Waals surface area contributed by atoms with Crippen LogP contribution in [0.2, 0.25) is 10.0 Å². The molecule has 0 aliphatic heterocycles. The third-order valence-electron chi connectivity index (χ3n) is 4.16. The van der Waals surface area contributed by atoms with Gasteiger partial charge >= 0.3 is 0 Å². The largest absolute Gasteiger partial charge is 0.320 e. The van der Waals surface area contributed by atoms with Gasteiger partial charge in [0.1, 0.15) is 0 Å². The summed E-state index contributed by atoms with van der Waals surface area (Å²) in [5.74, 6) is 0.706. The second kappa shape index (κ2) is 5.77. The van der Waals surface area contributed by atoms with Crippen LogP contribution in [0.5, 0.6) is 0 Å². The van der Waals surface area contributed by atoms with Gasteiger partial charge in [-0.05, 0) is 41.5 Å². The molecule has 1 saturated carbocycles. The predicted molar refractivity (Wildman–Crippen MR) is 85.5 cm³/mol. The molecule has 2 aromatic carbocycles. The fourth-order valence-corrected chi connectivity index (χ4v) is 3.11. The van der Waals surface area contributed by atoms with E-state index in [0.717, 1.165) is 11.1 Å². The summed E-state index contributed by atoms with van der Waals surface area (Å²) in [6.07, 6.45) is 3.91. The Hall–Kier alpha value is -1.02. The predicted octanol–water partition coefficient (Wildman–Crippen LogP) is 5.31. The van der Waals surface area contributed by atoms with Crippen molar-refractivity contribution in [1.82, 2.24) is 0 Å². The van der Waals surface area contributed by atoms with Crippen LogP contribution in [-0.2, 0) is 0 Å². The molecule has 1 nitrogen and oxygen atoms in total. The molecule has 20 heavy (non-hydrogen) atoms. The molecule has 0 radical (unpaired) electrons. The Morgan fingerprint density at radius 3 is 2.50 bits per heavy atom. The summed E-state index contributed by atoms with van der Waals surface area (Å²) in [4.78, 5) is 0. The first-order valence-electron chi connectivity index (χ1n) is 6.96. The number of hydrogen-bond acceptors (Lipinski definition) is 1. The first-order valence-corrected chi connectivity index (χ1v) is 7.72. The molecule has 0 saturated heterocycles. The minimum absolute atomic E-state index is 0.235. The average Bonchev–Trinajstić information content (AvgIpc) is 2.40. The van der Waals surface area contributed by atoms with Gasteiger partial charge in [0, 0.05) is 0 Å². The van der Waals surface area contributed by atoms with Crippen LogP contribution in [0.3, 0.4) is 0 Å². The topological polar surface area (TPSA) is 26.0 Å². The molecule has 0 bridgehead atoms. The van der Waals surface area contributed by atoms with Crippen molar-refractivity contribution in [3.63, 3.8) is 0 Å². The minimum Gasteiger partial charge on any atom is -0.320 e. The molecule has 0 spiro atoms. The van der Waals surface area contributed by atoms with Crippen LogP contribution in [0.15, 0.2) is 42.5 Å². The maximum atomic E-state index is 6.37. The first-order chi connectivity index (χ1) is 9.66. The third-order valence-corrected chi connectivity index (χ3v) is 5.00. The van der Waals surface area contributed by atoms with Gasteiger partial charge < -0.3 is 5.73 Å².